The number of rotatable bonds is 3. The van der Waals surface area contributed by atoms with E-state index in [0.29, 0.717) is 10.6 Å². The molecule has 0 aliphatic heterocycles. The second kappa shape index (κ2) is 5.67. The monoisotopic (exact) mass is 307 g/mol. The Morgan fingerprint density at radius 2 is 1.84 bits per heavy atom. The van der Waals surface area contributed by atoms with Crippen LogP contribution in [0.1, 0.15) is 0 Å². The van der Waals surface area contributed by atoms with E-state index in [9.17, 15) is 13.2 Å². The van der Waals surface area contributed by atoms with Crippen LogP contribution in [0.15, 0.2) is 30.5 Å². The van der Waals surface area contributed by atoms with Crippen molar-refractivity contribution in [2.24, 2.45) is 0 Å². The van der Waals surface area contributed by atoms with Crippen LogP contribution in [0.4, 0.5) is 13.2 Å². The molecule has 1 heterocycles. The van der Waals surface area contributed by atoms with Crippen LogP contribution in [0.2, 0.25) is 10.0 Å². The lowest BCUT2D eigenvalue weighted by atomic mass is 10.1. The number of ether oxygens (including phenoxy) is 1. The van der Waals surface area contributed by atoms with E-state index in [4.69, 9.17) is 23.2 Å². The molecule has 19 heavy (non-hydrogen) atoms. The molecule has 1 aromatic carbocycles. The summed E-state index contributed by atoms with van der Waals surface area (Å²) < 4.78 is 42.0. The van der Waals surface area contributed by atoms with E-state index in [1.165, 1.54) is 18.2 Å². The fraction of sp³-hybridized carbons (Fsp3) is 0.0833. The number of nitrogens with zero attached hydrogens (tertiary/aromatic N) is 1. The van der Waals surface area contributed by atoms with Crippen molar-refractivity contribution in [2.45, 2.75) is 6.61 Å². The van der Waals surface area contributed by atoms with E-state index in [1.807, 2.05) is 0 Å². The molecule has 1 aromatic heterocycles. The highest BCUT2D eigenvalue weighted by molar-refractivity contribution is 6.36. The number of hydrogen-bond donors (Lipinski definition) is 0. The second-order valence-electron chi connectivity index (χ2n) is 3.51. The number of aromatic nitrogens is 1. The first-order valence-electron chi connectivity index (χ1n) is 5.03. The quantitative estimate of drug-likeness (QED) is 0.813. The Kier molecular flexibility index (Phi) is 4.17. The van der Waals surface area contributed by atoms with Crippen LogP contribution in [0.25, 0.3) is 11.1 Å². The third kappa shape index (κ3) is 3.30. The van der Waals surface area contributed by atoms with Crippen molar-refractivity contribution >= 4 is 23.2 Å². The molecule has 0 radical (unpaired) electrons. The molecule has 100 valence electrons. The average molecular weight is 308 g/mol. The molecule has 0 N–H and O–H groups in total. The Bertz CT molecular complexity index is 608. The molecule has 0 aliphatic carbocycles. The van der Waals surface area contributed by atoms with Gasteiger partial charge >= 0.3 is 6.61 Å². The summed E-state index contributed by atoms with van der Waals surface area (Å²) in [5, 5.41) is 0.549. The molecule has 7 heteroatoms. The van der Waals surface area contributed by atoms with E-state index >= 15 is 0 Å². The largest absolute Gasteiger partial charge is 0.416 e. The van der Waals surface area contributed by atoms with Gasteiger partial charge in [0, 0.05) is 16.1 Å². The minimum absolute atomic E-state index is 0.0296. The first-order valence-corrected chi connectivity index (χ1v) is 5.79. The lowest BCUT2D eigenvalue weighted by Gasteiger charge is -2.11. The first-order chi connectivity index (χ1) is 8.97. The van der Waals surface area contributed by atoms with E-state index < -0.39 is 18.3 Å². The fourth-order valence-electron chi connectivity index (χ4n) is 1.51. The van der Waals surface area contributed by atoms with Gasteiger partial charge in [0.2, 0.25) is 5.88 Å². The molecule has 0 atom stereocenters. The molecule has 2 rings (SSSR count). The molecule has 0 saturated heterocycles. The van der Waals surface area contributed by atoms with E-state index in [0.717, 1.165) is 12.3 Å². The Labute approximate surface area is 116 Å². The first kappa shape index (κ1) is 14.0. The number of halogens is 5. The zero-order valence-corrected chi connectivity index (χ0v) is 10.7. The summed E-state index contributed by atoms with van der Waals surface area (Å²) in [6.07, 6.45) is 0.783. The molecule has 0 unspecified atom stereocenters. The van der Waals surface area contributed by atoms with Gasteiger partial charge in [-0.25, -0.2) is 9.37 Å². The molecule has 2 nitrogen and oxygen atoms in total. The molecule has 2 aromatic rings. The van der Waals surface area contributed by atoms with Gasteiger partial charge in [0.15, 0.2) is 0 Å². The predicted molar refractivity (Wildman–Crippen MR) is 66.3 cm³/mol. The molecule has 0 spiro atoms. The highest BCUT2D eigenvalue weighted by atomic mass is 35.5. The van der Waals surface area contributed by atoms with Gasteiger partial charge in [-0.1, -0.05) is 29.3 Å². The molecule has 0 saturated carbocycles. The van der Waals surface area contributed by atoms with E-state index in [1.54, 1.807) is 0 Å². The summed E-state index contributed by atoms with van der Waals surface area (Å²) in [6, 6.07) is 5.40. The molecule has 0 aliphatic rings. The van der Waals surface area contributed by atoms with Crippen molar-refractivity contribution < 1.29 is 17.9 Å². The minimum atomic E-state index is -3.07. The summed E-state index contributed by atoms with van der Waals surface area (Å²) in [6.45, 7) is -3.07. The van der Waals surface area contributed by atoms with Gasteiger partial charge < -0.3 is 4.74 Å². The van der Waals surface area contributed by atoms with Crippen molar-refractivity contribution in [3.63, 3.8) is 0 Å². The second-order valence-corrected chi connectivity index (χ2v) is 4.35. The van der Waals surface area contributed by atoms with Gasteiger partial charge in [-0.2, -0.15) is 8.78 Å². The Hall–Kier alpha value is -1.46. The smallest absolute Gasteiger partial charge is 0.388 e. The molecule has 0 amide bonds. The van der Waals surface area contributed by atoms with Crippen molar-refractivity contribution in [3.05, 3.63) is 46.3 Å². The van der Waals surface area contributed by atoms with Gasteiger partial charge in [0.25, 0.3) is 0 Å². The summed E-state index contributed by atoms with van der Waals surface area (Å²) in [4.78, 5) is 3.49. The Morgan fingerprint density at radius 3 is 2.47 bits per heavy atom. The highest BCUT2D eigenvalue weighted by Gasteiger charge is 2.16. The van der Waals surface area contributed by atoms with Crippen molar-refractivity contribution in [2.75, 3.05) is 0 Å². The summed E-state index contributed by atoms with van der Waals surface area (Å²) >= 11 is 11.7. The van der Waals surface area contributed by atoms with Crippen molar-refractivity contribution in [3.8, 4) is 17.0 Å². The summed E-state index contributed by atoms with van der Waals surface area (Å²) in [7, 11) is 0. The zero-order chi connectivity index (χ0) is 14.0. The van der Waals surface area contributed by atoms with Crippen molar-refractivity contribution in [1.29, 1.82) is 0 Å². The van der Waals surface area contributed by atoms with Crippen LogP contribution < -0.4 is 4.74 Å². The molecule has 0 fully saturated rings. The van der Waals surface area contributed by atoms with Gasteiger partial charge in [0.05, 0.1) is 11.2 Å². The van der Waals surface area contributed by atoms with Crippen LogP contribution in [0.3, 0.4) is 0 Å². The van der Waals surface area contributed by atoms with E-state index in [-0.39, 0.29) is 10.6 Å². The maximum atomic E-state index is 13.2. The summed E-state index contributed by atoms with van der Waals surface area (Å²) in [5.74, 6) is -1.09. The third-order valence-electron chi connectivity index (χ3n) is 2.24. The lowest BCUT2D eigenvalue weighted by Crippen LogP contribution is -2.05. The van der Waals surface area contributed by atoms with Crippen LogP contribution in [-0.4, -0.2) is 11.6 Å². The summed E-state index contributed by atoms with van der Waals surface area (Å²) in [5.41, 5.74) is 0.329. The van der Waals surface area contributed by atoms with Crippen molar-refractivity contribution in [1.82, 2.24) is 4.98 Å². The number of alkyl halides is 2. The number of hydrogen-bond acceptors (Lipinski definition) is 2. The molecular formula is C12H6Cl2F3NO. The normalized spacial score (nSPS) is 10.8. The van der Waals surface area contributed by atoms with Crippen LogP contribution >= 0.6 is 23.2 Å². The molecular weight excluding hydrogens is 302 g/mol. The maximum absolute atomic E-state index is 13.2. The Morgan fingerprint density at radius 1 is 1.11 bits per heavy atom. The van der Waals surface area contributed by atoms with Crippen LogP contribution in [-0.2, 0) is 0 Å². The number of benzene rings is 1. The topological polar surface area (TPSA) is 22.1 Å². The predicted octanol–water partition coefficient (Wildman–Crippen LogP) is 4.80. The zero-order valence-electron chi connectivity index (χ0n) is 9.21. The lowest BCUT2D eigenvalue weighted by molar-refractivity contribution is -0.0524. The maximum Gasteiger partial charge on any atom is 0.388 e. The molecule has 0 bridgehead atoms. The van der Waals surface area contributed by atoms with Gasteiger partial charge in [-0.3, -0.25) is 0 Å². The Balaban J connectivity index is 2.56. The van der Waals surface area contributed by atoms with Crippen LogP contribution in [0.5, 0.6) is 5.88 Å². The average Bonchev–Trinajstić information content (AvgIpc) is 2.31. The highest BCUT2D eigenvalue weighted by Crippen LogP contribution is 2.35. The SMILES string of the molecule is Fc1cnc(OC(F)F)c(-c2ccc(Cl)cc2Cl)c1. The van der Waals surface area contributed by atoms with Gasteiger partial charge in [-0.05, 0) is 18.2 Å². The van der Waals surface area contributed by atoms with Gasteiger partial charge in [0.1, 0.15) is 5.82 Å². The minimum Gasteiger partial charge on any atom is -0.416 e. The van der Waals surface area contributed by atoms with Gasteiger partial charge in [-0.15, -0.1) is 0 Å². The van der Waals surface area contributed by atoms with Crippen LogP contribution in [0, 0.1) is 5.82 Å². The standard InChI is InChI=1S/C12H6Cl2F3NO/c13-6-1-2-8(10(14)3-6)9-4-7(15)5-18-11(9)19-12(16)17/h1-5,12H. The third-order valence-corrected chi connectivity index (χ3v) is 2.79. The number of pyridine rings is 1. The fourth-order valence-corrected chi connectivity index (χ4v) is 2.02. The van der Waals surface area contributed by atoms with E-state index in [2.05, 4.69) is 9.72 Å².